The summed E-state index contributed by atoms with van der Waals surface area (Å²) in [7, 11) is 0. The largest absolute Gasteiger partial charge is 0.466 e. The lowest BCUT2D eigenvalue weighted by molar-refractivity contribution is -0.144. The van der Waals surface area contributed by atoms with Crippen molar-refractivity contribution in [3.8, 4) is 0 Å². The number of esters is 1. The standard InChI is InChI=1S/C27H43N3O6/c1-9-11-16-30(25(33)20(5)29-26(34)36-27(6,7)8)23(21-13-12-18(3)17-19(21)4)24(32)28-15-14-22(31)35-10-2/h12-13,17,20,23H,9-11,14-16H2,1-8H3,(H,28,32)(H,29,34). The van der Waals surface area contributed by atoms with E-state index in [0.717, 1.165) is 17.5 Å². The third kappa shape index (κ3) is 10.3. The summed E-state index contributed by atoms with van der Waals surface area (Å²) in [5.41, 5.74) is 1.87. The summed E-state index contributed by atoms with van der Waals surface area (Å²) in [5.74, 6) is -1.21. The predicted octanol–water partition coefficient (Wildman–Crippen LogP) is 3.96. The van der Waals surface area contributed by atoms with Crippen molar-refractivity contribution in [1.82, 2.24) is 15.5 Å². The molecule has 2 N–H and O–H groups in total. The second-order valence-electron chi connectivity index (χ2n) is 9.86. The Labute approximate surface area is 215 Å². The van der Waals surface area contributed by atoms with Crippen molar-refractivity contribution >= 4 is 23.9 Å². The van der Waals surface area contributed by atoms with Crippen LogP contribution in [0.25, 0.3) is 0 Å². The van der Waals surface area contributed by atoms with Crippen LogP contribution >= 0.6 is 0 Å². The van der Waals surface area contributed by atoms with E-state index in [1.54, 1.807) is 34.6 Å². The number of carbonyl (C=O) groups is 4. The summed E-state index contributed by atoms with van der Waals surface area (Å²) in [6.07, 6.45) is 0.795. The molecule has 0 aromatic heterocycles. The van der Waals surface area contributed by atoms with Crippen molar-refractivity contribution in [2.24, 2.45) is 0 Å². The number of benzene rings is 1. The van der Waals surface area contributed by atoms with Gasteiger partial charge in [-0.2, -0.15) is 0 Å². The number of unbranched alkanes of at least 4 members (excludes halogenated alkanes) is 1. The average molecular weight is 506 g/mol. The zero-order valence-corrected chi connectivity index (χ0v) is 23.0. The van der Waals surface area contributed by atoms with Gasteiger partial charge in [-0.25, -0.2) is 4.79 Å². The van der Waals surface area contributed by atoms with Gasteiger partial charge in [0.15, 0.2) is 0 Å². The molecule has 9 nitrogen and oxygen atoms in total. The number of amides is 3. The highest BCUT2D eigenvalue weighted by atomic mass is 16.6. The number of hydrogen-bond acceptors (Lipinski definition) is 6. The molecule has 0 aliphatic heterocycles. The number of ether oxygens (including phenoxy) is 2. The average Bonchev–Trinajstić information content (AvgIpc) is 2.75. The van der Waals surface area contributed by atoms with Crippen LogP contribution in [-0.4, -0.2) is 60.1 Å². The SMILES string of the molecule is CCCCN(C(=O)C(C)NC(=O)OC(C)(C)C)C(C(=O)NCCC(=O)OCC)c1ccc(C)cc1C. The number of hydrogen-bond donors (Lipinski definition) is 2. The Balaban J connectivity index is 3.28. The lowest BCUT2D eigenvalue weighted by Gasteiger charge is -2.34. The molecule has 0 fully saturated rings. The Morgan fingerprint density at radius 2 is 1.75 bits per heavy atom. The van der Waals surface area contributed by atoms with Gasteiger partial charge in [0.2, 0.25) is 11.8 Å². The van der Waals surface area contributed by atoms with E-state index < -0.39 is 41.6 Å². The first-order chi connectivity index (χ1) is 16.8. The maximum absolute atomic E-state index is 13.6. The van der Waals surface area contributed by atoms with Crippen LogP contribution in [0.2, 0.25) is 0 Å². The summed E-state index contributed by atoms with van der Waals surface area (Å²) in [4.78, 5) is 52.7. The lowest BCUT2D eigenvalue weighted by atomic mass is 9.96. The summed E-state index contributed by atoms with van der Waals surface area (Å²) in [6, 6.07) is 3.84. The molecular weight excluding hydrogens is 462 g/mol. The zero-order valence-electron chi connectivity index (χ0n) is 23.0. The Bertz CT molecular complexity index is 909. The second kappa shape index (κ2) is 14.5. The quantitative estimate of drug-likeness (QED) is 0.416. The molecule has 0 saturated carbocycles. The van der Waals surface area contributed by atoms with Gasteiger partial charge in [0.05, 0.1) is 13.0 Å². The van der Waals surface area contributed by atoms with Crippen LogP contribution in [0.15, 0.2) is 18.2 Å². The molecule has 9 heteroatoms. The fraction of sp³-hybridized carbons (Fsp3) is 0.630. The first-order valence-electron chi connectivity index (χ1n) is 12.6. The van der Waals surface area contributed by atoms with E-state index in [9.17, 15) is 19.2 Å². The van der Waals surface area contributed by atoms with E-state index in [4.69, 9.17) is 9.47 Å². The first kappa shape index (κ1) is 30.9. The van der Waals surface area contributed by atoms with Gasteiger partial charge in [0.1, 0.15) is 17.7 Å². The molecule has 36 heavy (non-hydrogen) atoms. The topological polar surface area (TPSA) is 114 Å². The Kier molecular flexibility index (Phi) is 12.4. The summed E-state index contributed by atoms with van der Waals surface area (Å²) < 4.78 is 10.2. The van der Waals surface area contributed by atoms with Gasteiger partial charge >= 0.3 is 12.1 Å². The van der Waals surface area contributed by atoms with Crippen molar-refractivity contribution in [2.75, 3.05) is 19.7 Å². The number of nitrogens with one attached hydrogen (secondary N) is 2. The Morgan fingerprint density at radius 3 is 2.31 bits per heavy atom. The molecule has 0 radical (unpaired) electrons. The van der Waals surface area contributed by atoms with Crippen LogP contribution in [0.3, 0.4) is 0 Å². The molecule has 3 amide bonds. The molecule has 0 aliphatic carbocycles. The van der Waals surface area contributed by atoms with E-state index in [0.29, 0.717) is 18.5 Å². The molecule has 1 aromatic carbocycles. The highest BCUT2D eigenvalue weighted by molar-refractivity contribution is 5.92. The predicted molar refractivity (Wildman–Crippen MR) is 138 cm³/mol. The van der Waals surface area contributed by atoms with Gasteiger partial charge in [-0.1, -0.05) is 37.1 Å². The van der Waals surface area contributed by atoms with Gasteiger partial charge in [-0.15, -0.1) is 0 Å². The number of aryl methyl sites for hydroxylation is 2. The zero-order chi connectivity index (χ0) is 27.5. The molecular formula is C27H43N3O6. The molecule has 0 aliphatic rings. The van der Waals surface area contributed by atoms with E-state index >= 15 is 0 Å². The van der Waals surface area contributed by atoms with Crippen LogP contribution in [0.5, 0.6) is 0 Å². The monoisotopic (exact) mass is 505 g/mol. The minimum absolute atomic E-state index is 0.0265. The van der Waals surface area contributed by atoms with E-state index in [-0.39, 0.29) is 19.6 Å². The van der Waals surface area contributed by atoms with Crippen molar-refractivity contribution in [2.45, 2.75) is 92.3 Å². The maximum Gasteiger partial charge on any atom is 0.408 e. The van der Waals surface area contributed by atoms with E-state index in [1.165, 1.54) is 4.90 Å². The Hall–Kier alpha value is -3.10. The highest BCUT2D eigenvalue weighted by Crippen LogP contribution is 2.27. The number of nitrogens with zero attached hydrogens (tertiary/aromatic N) is 1. The third-order valence-electron chi connectivity index (χ3n) is 5.35. The molecule has 1 rings (SSSR count). The van der Waals surface area contributed by atoms with Crippen LogP contribution in [-0.2, 0) is 23.9 Å². The van der Waals surface area contributed by atoms with E-state index in [1.807, 2.05) is 39.0 Å². The molecule has 0 saturated heterocycles. The minimum atomic E-state index is -0.935. The van der Waals surface area contributed by atoms with Crippen LogP contribution < -0.4 is 10.6 Å². The number of rotatable bonds is 12. The Morgan fingerprint density at radius 1 is 1.08 bits per heavy atom. The normalized spacial score (nSPS) is 12.8. The van der Waals surface area contributed by atoms with Crippen molar-refractivity contribution in [3.05, 3.63) is 34.9 Å². The van der Waals surface area contributed by atoms with Crippen molar-refractivity contribution in [3.63, 3.8) is 0 Å². The smallest absolute Gasteiger partial charge is 0.408 e. The van der Waals surface area contributed by atoms with Gasteiger partial charge in [0.25, 0.3) is 0 Å². The van der Waals surface area contributed by atoms with Gasteiger partial charge in [-0.3, -0.25) is 14.4 Å². The van der Waals surface area contributed by atoms with Crippen LogP contribution in [0.4, 0.5) is 4.79 Å². The molecule has 2 unspecified atom stereocenters. The van der Waals surface area contributed by atoms with Gasteiger partial charge in [-0.05, 0) is 66.0 Å². The second-order valence-corrected chi connectivity index (χ2v) is 9.86. The fourth-order valence-electron chi connectivity index (χ4n) is 3.69. The number of alkyl carbamates (subject to hydrolysis) is 1. The number of carbonyl (C=O) groups excluding carboxylic acids is 4. The van der Waals surface area contributed by atoms with Crippen molar-refractivity contribution < 1.29 is 28.7 Å². The molecule has 202 valence electrons. The van der Waals surface area contributed by atoms with Crippen LogP contribution in [0, 0.1) is 13.8 Å². The molecule has 0 spiro atoms. The molecule has 0 bridgehead atoms. The maximum atomic E-state index is 13.6. The van der Waals surface area contributed by atoms with Crippen molar-refractivity contribution in [1.29, 1.82) is 0 Å². The minimum Gasteiger partial charge on any atom is -0.466 e. The van der Waals surface area contributed by atoms with Gasteiger partial charge < -0.3 is 25.0 Å². The fourth-order valence-corrected chi connectivity index (χ4v) is 3.69. The summed E-state index contributed by atoms with van der Waals surface area (Å²) >= 11 is 0. The van der Waals surface area contributed by atoms with Gasteiger partial charge in [0, 0.05) is 13.1 Å². The third-order valence-corrected chi connectivity index (χ3v) is 5.35. The summed E-state index contributed by atoms with van der Waals surface area (Å²) in [5, 5.41) is 5.38. The van der Waals surface area contributed by atoms with E-state index in [2.05, 4.69) is 10.6 Å². The van der Waals surface area contributed by atoms with Crippen LogP contribution in [0.1, 0.15) is 83.5 Å². The molecule has 0 heterocycles. The highest BCUT2D eigenvalue weighted by Gasteiger charge is 2.35. The lowest BCUT2D eigenvalue weighted by Crippen LogP contribution is -2.52. The first-order valence-corrected chi connectivity index (χ1v) is 12.6. The molecule has 2 atom stereocenters. The molecule has 1 aromatic rings. The summed E-state index contributed by atoms with van der Waals surface area (Å²) in [6.45, 7) is 15.0.